The molecule has 1 aliphatic carbocycles. The van der Waals surface area contributed by atoms with Crippen molar-refractivity contribution >= 4 is 0 Å². The molecule has 0 bridgehead atoms. The smallest absolute Gasteiger partial charge is 0.0477 e. The van der Waals surface area contributed by atoms with Crippen molar-refractivity contribution < 1.29 is 0 Å². The maximum atomic E-state index is 5.69. The lowest BCUT2D eigenvalue weighted by Gasteiger charge is -2.26. The van der Waals surface area contributed by atoms with Gasteiger partial charge in [-0.1, -0.05) is 38.2 Å². The van der Waals surface area contributed by atoms with E-state index in [4.69, 9.17) is 5.84 Å². The van der Waals surface area contributed by atoms with E-state index in [1.54, 1.807) is 0 Å². The van der Waals surface area contributed by atoms with Crippen molar-refractivity contribution in [1.82, 2.24) is 10.4 Å². The Kier molecular flexibility index (Phi) is 4.51. The highest BCUT2D eigenvalue weighted by Gasteiger charge is 2.19. The molecule has 3 N–H and O–H groups in total. The Balaban J connectivity index is 2.00. The number of nitrogens with two attached hydrogens (primary N) is 1. The van der Waals surface area contributed by atoms with E-state index in [0.717, 1.165) is 12.3 Å². The van der Waals surface area contributed by atoms with Crippen LogP contribution in [0.5, 0.6) is 0 Å². The summed E-state index contributed by atoms with van der Waals surface area (Å²) in [6, 6.07) is 2.44. The number of hydrogen-bond donors (Lipinski definition) is 2. The molecule has 0 amide bonds. The molecule has 1 aromatic rings. The Bertz CT molecular complexity index is 345. The van der Waals surface area contributed by atoms with Crippen LogP contribution in [0, 0.1) is 12.8 Å². The fourth-order valence-corrected chi connectivity index (χ4v) is 2.83. The van der Waals surface area contributed by atoms with Crippen LogP contribution in [0.4, 0.5) is 0 Å². The second kappa shape index (κ2) is 6.12. The van der Waals surface area contributed by atoms with Crippen molar-refractivity contribution in [2.24, 2.45) is 11.8 Å². The maximum Gasteiger partial charge on any atom is 0.0477 e. The Morgan fingerprint density at radius 2 is 2.12 bits per heavy atom. The Morgan fingerprint density at radius 3 is 2.76 bits per heavy atom. The summed E-state index contributed by atoms with van der Waals surface area (Å²) < 4.78 is 0. The van der Waals surface area contributed by atoms with E-state index >= 15 is 0 Å². The molecule has 1 unspecified atom stereocenters. The largest absolute Gasteiger partial charge is 0.271 e. The van der Waals surface area contributed by atoms with Gasteiger partial charge in [0.2, 0.25) is 0 Å². The van der Waals surface area contributed by atoms with Gasteiger partial charge in [-0.15, -0.1) is 0 Å². The molecule has 1 atom stereocenters. The summed E-state index contributed by atoms with van der Waals surface area (Å²) in [4.78, 5) is 4.25. The van der Waals surface area contributed by atoms with Gasteiger partial charge in [0.1, 0.15) is 0 Å². The molecule has 2 rings (SSSR count). The van der Waals surface area contributed by atoms with Gasteiger partial charge < -0.3 is 0 Å². The molecule has 0 aliphatic heterocycles. The standard InChI is InChI=1S/C14H23N3/c1-11-7-13(10-16-9-11)14(17-15)8-12-5-3-2-4-6-12/h7,9-10,12,14,17H,2-6,8,15H2,1H3. The predicted molar refractivity (Wildman–Crippen MR) is 70.2 cm³/mol. The van der Waals surface area contributed by atoms with Gasteiger partial charge in [0.25, 0.3) is 0 Å². The molecule has 1 saturated carbocycles. The molecule has 1 fully saturated rings. The molecule has 94 valence electrons. The van der Waals surface area contributed by atoms with E-state index < -0.39 is 0 Å². The Hall–Kier alpha value is -0.930. The number of nitrogens with zero attached hydrogens (tertiary/aromatic N) is 1. The second-order valence-corrected chi connectivity index (χ2v) is 5.25. The molecule has 0 saturated heterocycles. The second-order valence-electron chi connectivity index (χ2n) is 5.25. The predicted octanol–water partition coefficient (Wildman–Crippen LogP) is 2.86. The van der Waals surface area contributed by atoms with Gasteiger partial charge in [0.15, 0.2) is 0 Å². The number of aryl methyl sites for hydroxylation is 1. The Morgan fingerprint density at radius 1 is 1.35 bits per heavy atom. The highest BCUT2D eigenvalue weighted by atomic mass is 15.2. The van der Waals surface area contributed by atoms with Crippen LogP contribution in [0.2, 0.25) is 0 Å². The average Bonchev–Trinajstić information content (AvgIpc) is 2.37. The molecule has 1 heterocycles. The summed E-state index contributed by atoms with van der Waals surface area (Å²) in [7, 11) is 0. The van der Waals surface area contributed by atoms with Gasteiger partial charge in [-0.3, -0.25) is 16.3 Å². The summed E-state index contributed by atoms with van der Waals surface area (Å²) in [5.74, 6) is 6.52. The van der Waals surface area contributed by atoms with Crippen molar-refractivity contribution in [3.63, 3.8) is 0 Å². The third kappa shape index (κ3) is 3.51. The van der Waals surface area contributed by atoms with Crippen molar-refractivity contribution in [1.29, 1.82) is 0 Å². The van der Waals surface area contributed by atoms with E-state index in [9.17, 15) is 0 Å². The van der Waals surface area contributed by atoms with Crippen LogP contribution < -0.4 is 11.3 Å². The molecular formula is C14H23N3. The molecule has 0 radical (unpaired) electrons. The first-order chi connectivity index (χ1) is 8.29. The normalized spacial score (nSPS) is 19.2. The maximum absolute atomic E-state index is 5.69. The lowest BCUT2D eigenvalue weighted by molar-refractivity contribution is 0.301. The number of hydrogen-bond acceptors (Lipinski definition) is 3. The van der Waals surface area contributed by atoms with Gasteiger partial charge in [-0.2, -0.15) is 0 Å². The van der Waals surface area contributed by atoms with E-state index in [2.05, 4.69) is 23.4 Å². The average molecular weight is 233 g/mol. The monoisotopic (exact) mass is 233 g/mol. The van der Waals surface area contributed by atoms with E-state index in [1.165, 1.54) is 43.2 Å². The van der Waals surface area contributed by atoms with Crippen molar-refractivity contribution in [3.05, 3.63) is 29.6 Å². The van der Waals surface area contributed by atoms with Crippen LogP contribution in [0.3, 0.4) is 0 Å². The molecule has 3 heteroatoms. The van der Waals surface area contributed by atoms with Gasteiger partial charge in [0.05, 0.1) is 0 Å². The lowest BCUT2D eigenvalue weighted by Crippen LogP contribution is -2.30. The third-order valence-corrected chi connectivity index (χ3v) is 3.79. The number of hydrazine groups is 1. The van der Waals surface area contributed by atoms with Crippen LogP contribution >= 0.6 is 0 Å². The summed E-state index contributed by atoms with van der Waals surface area (Å²) in [6.45, 7) is 2.07. The molecule has 1 aliphatic rings. The summed E-state index contributed by atoms with van der Waals surface area (Å²) in [5.41, 5.74) is 5.37. The third-order valence-electron chi connectivity index (χ3n) is 3.79. The van der Waals surface area contributed by atoms with Gasteiger partial charge in [-0.05, 0) is 30.4 Å². The number of aromatic nitrogens is 1. The summed E-state index contributed by atoms with van der Waals surface area (Å²) in [5, 5.41) is 0. The van der Waals surface area contributed by atoms with E-state index in [-0.39, 0.29) is 6.04 Å². The molecule has 0 spiro atoms. The van der Waals surface area contributed by atoms with Crippen molar-refractivity contribution in [3.8, 4) is 0 Å². The number of pyridine rings is 1. The topological polar surface area (TPSA) is 50.9 Å². The Labute approximate surface area is 104 Å². The molecule has 17 heavy (non-hydrogen) atoms. The minimum atomic E-state index is 0.255. The quantitative estimate of drug-likeness (QED) is 0.621. The molecule has 0 aromatic carbocycles. The number of rotatable bonds is 4. The zero-order valence-electron chi connectivity index (χ0n) is 10.7. The fourth-order valence-electron chi connectivity index (χ4n) is 2.83. The highest BCUT2D eigenvalue weighted by molar-refractivity contribution is 5.20. The van der Waals surface area contributed by atoms with Gasteiger partial charge in [-0.25, -0.2) is 0 Å². The minimum absolute atomic E-state index is 0.255. The fraction of sp³-hybridized carbons (Fsp3) is 0.643. The van der Waals surface area contributed by atoms with Gasteiger partial charge >= 0.3 is 0 Å². The first kappa shape index (κ1) is 12.5. The summed E-state index contributed by atoms with van der Waals surface area (Å²) in [6.07, 6.45) is 11.8. The van der Waals surface area contributed by atoms with E-state index in [0.29, 0.717) is 0 Å². The molecular weight excluding hydrogens is 210 g/mol. The van der Waals surface area contributed by atoms with Crippen LogP contribution in [0.15, 0.2) is 18.5 Å². The SMILES string of the molecule is Cc1cncc(C(CC2CCCCC2)NN)c1. The first-order valence-electron chi connectivity index (χ1n) is 6.67. The van der Waals surface area contributed by atoms with Crippen LogP contribution in [0.1, 0.15) is 55.7 Å². The zero-order chi connectivity index (χ0) is 12.1. The van der Waals surface area contributed by atoms with Crippen LogP contribution in [-0.2, 0) is 0 Å². The lowest BCUT2D eigenvalue weighted by atomic mass is 9.83. The zero-order valence-corrected chi connectivity index (χ0v) is 10.7. The van der Waals surface area contributed by atoms with Crippen molar-refractivity contribution in [2.45, 2.75) is 51.5 Å². The highest BCUT2D eigenvalue weighted by Crippen LogP contribution is 2.31. The minimum Gasteiger partial charge on any atom is -0.271 e. The first-order valence-corrected chi connectivity index (χ1v) is 6.67. The van der Waals surface area contributed by atoms with Crippen LogP contribution in [0.25, 0.3) is 0 Å². The molecule has 3 nitrogen and oxygen atoms in total. The van der Waals surface area contributed by atoms with Gasteiger partial charge in [0, 0.05) is 18.4 Å². The molecule has 1 aromatic heterocycles. The number of nitrogens with one attached hydrogen (secondary N) is 1. The van der Waals surface area contributed by atoms with Crippen molar-refractivity contribution in [2.75, 3.05) is 0 Å². The summed E-state index contributed by atoms with van der Waals surface area (Å²) >= 11 is 0. The van der Waals surface area contributed by atoms with Crippen LogP contribution in [-0.4, -0.2) is 4.98 Å². The van der Waals surface area contributed by atoms with E-state index in [1.807, 2.05) is 12.4 Å².